The molecule has 6 heteroatoms. The molecule has 138 valence electrons. The Bertz CT molecular complexity index is 574. The van der Waals surface area contributed by atoms with E-state index in [9.17, 15) is 4.79 Å². The lowest BCUT2D eigenvalue weighted by atomic mass is 10.1. The van der Waals surface area contributed by atoms with E-state index in [1.54, 1.807) is 12.4 Å². The Morgan fingerprint density at radius 2 is 2.08 bits per heavy atom. The highest BCUT2D eigenvalue weighted by molar-refractivity contribution is 5.78. The lowest BCUT2D eigenvalue weighted by Gasteiger charge is -2.37. The molecular formula is C19H30N4O2. The largest absolute Gasteiger partial charge is 0.377 e. The number of carbonyl (C=O) groups excluding carboxylic acids is 1. The van der Waals surface area contributed by atoms with E-state index in [-0.39, 0.29) is 11.9 Å². The Hall–Kier alpha value is -1.53. The third-order valence-corrected chi connectivity index (χ3v) is 5.58. The van der Waals surface area contributed by atoms with Crippen molar-refractivity contribution in [3.63, 3.8) is 0 Å². The molecule has 2 heterocycles. The Kier molecular flexibility index (Phi) is 6.37. The number of morpholine rings is 1. The molecule has 2 fully saturated rings. The normalized spacial score (nSPS) is 21.9. The van der Waals surface area contributed by atoms with Gasteiger partial charge in [-0.2, -0.15) is 0 Å². The minimum atomic E-state index is 0.139. The average Bonchev–Trinajstić information content (AvgIpc) is 3.16. The summed E-state index contributed by atoms with van der Waals surface area (Å²) in [5.41, 5.74) is 1.99. The summed E-state index contributed by atoms with van der Waals surface area (Å²) in [5.74, 6) is 0.235. The van der Waals surface area contributed by atoms with Gasteiger partial charge in [-0.25, -0.2) is 0 Å². The average molecular weight is 346 g/mol. The van der Waals surface area contributed by atoms with Gasteiger partial charge in [-0.3, -0.25) is 19.7 Å². The zero-order valence-electron chi connectivity index (χ0n) is 15.5. The van der Waals surface area contributed by atoms with Gasteiger partial charge in [0.2, 0.25) is 5.91 Å². The van der Waals surface area contributed by atoms with Crippen molar-refractivity contribution in [2.24, 2.45) is 0 Å². The molecule has 2 aliphatic rings. The maximum atomic E-state index is 12.9. The van der Waals surface area contributed by atoms with E-state index < -0.39 is 0 Å². The molecule has 25 heavy (non-hydrogen) atoms. The van der Waals surface area contributed by atoms with Crippen LogP contribution in [0.5, 0.6) is 0 Å². The summed E-state index contributed by atoms with van der Waals surface area (Å²) >= 11 is 0. The standard InChI is InChI=1S/C19H30N4O2/c1-15-18(21-10-9-20-15)8-7-17-14-25-12-11-23(17)19(24)13-22(2)16-5-3-4-6-16/h9-10,16-17H,3-8,11-14H2,1-2H3/t17-/m1/s1. The zero-order chi connectivity index (χ0) is 17.6. The molecule has 1 amide bonds. The van der Waals surface area contributed by atoms with Gasteiger partial charge in [-0.1, -0.05) is 12.8 Å². The molecule has 0 unspecified atom stereocenters. The van der Waals surface area contributed by atoms with Crippen molar-refractivity contribution >= 4 is 5.91 Å². The maximum absolute atomic E-state index is 12.9. The molecule has 3 rings (SSSR count). The number of ether oxygens (including phenoxy) is 1. The summed E-state index contributed by atoms with van der Waals surface area (Å²) in [6.07, 6.45) is 10.2. The van der Waals surface area contributed by atoms with Crippen molar-refractivity contribution in [2.75, 3.05) is 33.4 Å². The molecule has 1 aromatic heterocycles. The molecule has 6 nitrogen and oxygen atoms in total. The first kappa shape index (κ1) is 18.3. The SMILES string of the molecule is Cc1nccnc1CC[C@@H]1COCCN1C(=O)CN(C)C1CCCC1. The van der Waals surface area contributed by atoms with Crippen molar-refractivity contribution < 1.29 is 9.53 Å². The number of likely N-dealkylation sites (N-methyl/N-ethyl adjacent to an activating group) is 1. The molecular weight excluding hydrogens is 316 g/mol. The van der Waals surface area contributed by atoms with Crippen LogP contribution in [0.2, 0.25) is 0 Å². The molecule has 0 spiro atoms. The van der Waals surface area contributed by atoms with Gasteiger partial charge in [0.1, 0.15) is 0 Å². The predicted molar refractivity (Wildman–Crippen MR) is 96.3 cm³/mol. The van der Waals surface area contributed by atoms with E-state index >= 15 is 0 Å². The second-order valence-corrected chi connectivity index (χ2v) is 7.30. The van der Waals surface area contributed by atoms with E-state index in [0.29, 0.717) is 32.3 Å². The van der Waals surface area contributed by atoms with Gasteiger partial charge in [-0.15, -0.1) is 0 Å². The quantitative estimate of drug-likeness (QED) is 0.786. The number of aromatic nitrogens is 2. The third-order valence-electron chi connectivity index (χ3n) is 5.58. The van der Waals surface area contributed by atoms with Crippen LogP contribution in [0.15, 0.2) is 12.4 Å². The summed E-state index contributed by atoms with van der Waals surface area (Å²) in [4.78, 5) is 25.8. The number of carbonyl (C=O) groups is 1. The molecule has 0 N–H and O–H groups in total. The Labute approximate surface area is 150 Å². The molecule has 0 aromatic carbocycles. The summed E-state index contributed by atoms with van der Waals surface area (Å²) in [5, 5.41) is 0. The lowest BCUT2D eigenvalue weighted by Crippen LogP contribution is -2.52. The topological polar surface area (TPSA) is 58.6 Å². The Morgan fingerprint density at radius 1 is 1.32 bits per heavy atom. The van der Waals surface area contributed by atoms with Crippen LogP contribution in [-0.2, 0) is 16.0 Å². The van der Waals surface area contributed by atoms with Crippen molar-refractivity contribution in [1.82, 2.24) is 19.8 Å². The summed E-state index contributed by atoms with van der Waals surface area (Å²) in [7, 11) is 2.09. The molecule has 1 saturated carbocycles. The van der Waals surface area contributed by atoms with E-state index in [2.05, 4.69) is 21.9 Å². The first-order chi connectivity index (χ1) is 12.1. The van der Waals surface area contributed by atoms with E-state index in [4.69, 9.17) is 4.74 Å². The Morgan fingerprint density at radius 3 is 2.84 bits per heavy atom. The van der Waals surface area contributed by atoms with Crippen molar-refractivity contribution in [3.8, 4) is 0 Å². The smallest absolute Gasteiger partial charge is 0.237 e. The first-order valence-corrected chi connectivity index (χ1v) is 9.49. The summed E-state index contributed by atoms with van der Waals surface area (Å²) in [6, 6.07) is 0.713. The van der Waals surface area contributed by atoms with Crippen LogP contribution in [0, 0.1) is 6.92 Å². The first-order valence-electron chi connectivity index (χ1n) is 9.49. The van der Waals surface area contributed by atoms with Crippen LogP contribution >= 0.6 is 0 Å². The summed E-state index contributed by atoms with van der Waals surface area (Å²) < 4.78 is 5.64. The van der Waals surface area contributed by atoms with Crippen LogP contribution in [0.4, 0.5) is 0 Å². The van der Waals surface area contributed by atoms with Gasteiger partial charge >= 0.3 is 0 Å². The van der Waals surface area contributed by atoms with Crippen LogP contribution in [0.3, 0.4) is 0 Å². The monoisotopic (exact) mass is 346 g/mol. The van der Waals surface area contributed by atoms with E-state index in [1.807, 2.05) is 11.8 Å². The number of hydrogen-bond donors (Lipinski definition) is 0. The van der Waals surface area contributed by atoms with Crippen LogP contribution in [0.1, 0.15) is 43.5 Å². The Balaban J connectivity index is 1.56. The minimum Gasteiger partial charge on any atom is -0.377 e. The van der Waals surface area contributed by atoms with Gasteiger partial charge in [0.25, 0.3) is 0 Å². The lowest BCUT2D eigenvalue weighted by molar-refractivity contribution is -0.141. The second kappa shape index (κ2) is 8.72. The van der Waals surface area contributed by atoms with Gasteiger partial charge in [0.15, 0.2) is 0 Å². The molecule has 0 bridgehead atoms. The number of rotatable bonds is 6. The molecule has 1 aromatic rings. The van der Waals surface area contributed by atoms with Crippen molar-refractivity contribution in [2.45, 2.75) is 57.5 Å². The van der Waals surface area contributed by atoms with E-state index in [1.165, 1.54) is 25.7 Å². The van der Waals surface area contributed by atoms with Gasteiger partial charge < -0.3 is 9.64 Å². The van der Waals surface area contributed by atoms with Crippen molar-refractivity contribution in [1.29, 1.82) is 0 Å². The molecule has 1 atom stereocenters. The fourth-order valence-corrected chi connectivity index (χ4v) is 3.99. The highest BCUT2D eigenvalue weighted by Crippen LogP contribution is 2.23. The number of aryl methyl sites for hydroxylation is 2. The van der Waals surface area contributed by atoms with Gasteiger partial charge in [0, 0.05) is 25.0 Å². The molecule has 1 saturated heterocycles. The highest BCUT2D eigenvalue weighted by atomic mass is 16.5. The fraction of sp³-hybridized carbons (Fsp3) is 0.737. The minimum absolute atomic E-state index is 0.139. The van der Waals surface area contributed by atoms with Crippen molar-refractivity contribution in [3.05, 3.63) is 23.8 Å². The maximum Gasteiger partial charge on any atom is 0.237 e. The third kappa shape index (κ3) is 4.76. The van der Waals surface area contributed by atoms with E-state index in [0.717, 1.165) is 24.2 Å². The van der Waals surface area contributed by atoms with Gasteiger partial charge in [-0.05, 0) is 39.7 Å². The summed E-state index contributed by atoms with van der Waals surface area (Å²) in [6.45, 7) is 4.46. The molecule has 1 aliphatic carbocycles. The highest BCUT2D eigenvalue weighted by Gasteiger charge is 2.29. The van der Waals surface area contributed by atoms with Crippen LogP contribution in [0.25, 0.3) is 0 Å². The predicted octanol–water partition coefficient (Wildman–Crippen LogP) is 1.82. The fourth-order valence-electron chi connectivity index (χ4n) is 3.99. The molecule has 0 radical (unpaired) electrons. The van der Waals surface area contributed by atoms with Crippen LogP contribution < -0.4 is 0 Å². The second-order valence-electron chi connectivity index (χ2n) is 7.30. The zero-order valence-corrected chi connectivity index (χ0v) is 15.5. The van der Waals surface area contributed by atoms with Gasteiger partial charge in [0.05, 0.1) is 37.2 Å². The molecule has 1 aliphatic heterocycles. The number of nitrogens with zero attached hydrogens (tertiary/aromatic N) is 4. The number of amides is 1. The van der Waals surface area contributed by atoms with Crippen LogP contribution in [-0.4, -0.2) is 71.1 Å². The number of hydrogen-bond acceptors (Lipinski definition) is 5.